The number of hydrogen-bond donors (Lipinski definition) is 3. The Bertz CT molecular complexity index is 1210. The van der Waals surface area contributed by atoms with Gasteiger partial charge in [0.25, 0.3) is 0 Å². The largest absolute Gasteiger partial charge is 0.508 e. The molecule has 1 saturated heterocycles. The van der Waals surface area contributed by atoms with Crippen LogP contribution in [0, 0.1) is 5.82 Å². The van der Waals surface area contributed by atoms with Crippen LogP contribution in [-0.2, 0) is 12.1 Å². The van der Waals surface area contributed by atoms with E-state index in [0.29, 0.717) is 49.4 Å². The molecule has 31 heavy (non-hydrogen) atoms. The predicted molar refractivity (Wildman–Crippen MR) is 118 cm³/mol. The molecule has 4 aromatic rings. The summed E-state index contributed by atoms with van der Waals surface area (Å²) in [5.41, 5.74) is 3.01. The van der Waals surface area contributed by atoms with Gasteiger partial charge >= 0.3 is 0 Å². The average Bonchev–Trinajstić information content (AvgIpc) is 3.23. The molecule has 1 aliphatic rings. The smallest absolute Gasteiger partial charge is 0.138 e. The Kier molecular flexibility index (Phi) is 4.96. The summed E-state index contributed by atoms with van der Waals surface area (Å²) in [5, 5.41) is 21.6. The fourth-order valence-electron chi connectivity index (χ4n) is 4.39. The molecular formula is C25H24FN3O2. The Balaban J connectivity index is 1.39. The van der Waals surface area contributed by atoms with E-state index in [9.17, 15) is 14.6 Å². The van der Waals surface area contributed by atoms with Crippen molar-refractivity contribution >= 4 is 11.0 Å². The van der Waals surface area contributed by atoms with E-state index in [0.717, 1.165) is 16.6 Å². The summed E-state index contributed by atoms with van der Waals surface area (Å²) in [4.78, 5) is 10.1. The Morgan fingerprint density at radius 2 is 1.77 bits per heavy atom. The van der Waals surface area contributed by atoms with E-state index in [1.165, 1.54) is 12.1 Å². The Morgan fingerprint density at radius 1 is 1.00 bits per heavy atom. The maximum atomic E-state index is 13.6. The van der Waals surface area contributed by atoms with Crippen LogP contribution in [0.4, 0.5) is 4.39 Å². The molecule has 3 N–H and O–H groups in total. The van der Waals surface area contributed by atoms with E-state index < -0.39 is 5.60 Å². The number of benzene rings is 3. The number of hydrogen-bond acceptors (Lipinski definition) is 4. The second-order valence-corrected chi connectivity index (χ2v) is 8.23. The second-order valence-electron chi connectivity index (χ2n) is 8.23. The standard InChI is InChI=1S/C25H24FN3O2/c26-19-8-4-5-17(15-19)24-27-21-9-10-22(30)20(23(21)28-24)16-29-13-11-25(31,12-14-29)18-6-2-1-3-7-18/h1-10,15,30-31H,11-14,16H2,(H,27,28). The van der Waals surface area contributed by atoms with Gasteiger partial charge in [-0.25, -0.2) is 9.37 Å². The van der Waals surface area contributed by atoms with E-state index in [2.05, 4.69) is 14.9 Å². The van der Waals surface area contributed by atoms with Gasteiger partial charge in [-0.05, 0) is 42.7 Å². The summed E-state index contributed by atoms with van der Waals surface area (Å²) in [6.45, 7) is 1.95. The van der Waals surface area contributed by atoms with Crippen molar-refractivity contribution in [3.05, 3.63) is 83.7 Å². The number of rotatable bonds is 4. The minimum atomic E-state index is -0.817. The monoisotopic (exact) mass is 417 g/mol. The van der Waals surface area contributed by atoms with Gasteiger partial charge in [-0.2, -0.15) is 0 Å². The lowest BCUT2D eigenvalue weighted by Gasteiger charge is -2.38. The number of aliphatic hydroxyl groups is 1. The van der Waals surface area contributed by atoms with Crippen LogP contribution in [0.2, 0.25) is 0 Å². The Labute approximate surface area is 179 Å². The van der Waals surface area contributed by atoms with Crippen molar-refractivity contribution in [2.45, 2.75) is 25.0 Å². The summed E-state index contributed by atoms with van der Waals surface area (Å²) in [6, 6.07) is 19.5. The van der Waals surface area contributed by atoms with Gasteiger partial charge in [0.1, 0.15) is 17.4 Å². The van der Waals surface area contributed by atoms with Gasteiger partial charge in [-0.1, -0.05) is 42.5 Å². The van der Waals surface area contributed by atoms with Crippen molar-refractivity contribution in [2.24, 2.45) is 0 Å². The van der Waals surface area contributed by atoms with Gasteiger partial charge in [0, 0.05) is 30.8 Å². The summed E-state index contributed by atoms with van der Waals surface area (Å²) in [5.74, 6) is 0.437. The third-order valence-corrected chi connectivity index (χ3v) is 6.21. The molecule has 6 heteroatoms. The molecule has 0 atom stereocenters. The van der Waals surface area contributed by atoms with Gasteiger partial charge in [0.15, 0.2) is 0 Å². The molecule has 0 spiro atoms. The molecule has 158 valence electrons. The quantitative estimate of drug-likeness (QED) is 0.455. The summed E-state index contributed by atoms with van der Waals surface area (Å²) >= 11 is 0. The first-order valence-corrected chi connectivity index (χ1v) is 10.5. The van der Waals surface area contributed by atoms with Gasteiger partial charge in [-0.15, -0.1) is 0 Å². The number of aromatic nitrogens is 2. The van der Waals surface area contributed by atoms with E-state index in [-0.39, 0.29) is 11.6 Å². The van der Waals surface area contributed by atoms with Crippen molar-refractivity contribution in [2.75, 3.05) is 13.1 Å². The molecular weight excluding hydrogens is 393 g/mol. The number of fused-ring (bicyclic) bond motifs is 1. The number of phenols is 1. The second kappa shape index (κ2) is 7.80. The minimum Gasteiger partial charge on any atom is -0.508 e. The SMILES string of the molecule is Oc1ccc2[nH]c(-c3cccc(F)c3)nc2c1CN1CCC(O)(c2ccccc2)CC1. The lowest BCUT2D eigenvalue weighted by Crippen LogP contribution is -2.42. The first-order valence-electron chi connectivity index (χ1n) is 10.5. The van der Waals surface area contributed by atoms with Crippen molar-refractivity contribution in [1.29, 1.82) is 0 Å². The Hall–Kier alpha value is -3.22. The van der Waals surface area contributed by atoms with Crippen molar-refractivity contribution in [3.8, 4) is 17.1 Å². The predicted octanol–water partition coefficient (Wildman–Crippen LogP) is 4.56. The molecule has 3 aromatic carbocycles. The number of halogens is 1. The summed E-state index contributed by atoms with van der Waals surface area (Å²) in [6.07, 6.45) is 1.26. The molecule has 5 nitrogen and oxygen atoms in total. The number of nitrogens with one attached hydrogen (secondary N) is 1. The fraction of sp³-hybridized carbons (Fsp3) is 0.240. The van der Waals surface area contributed by atoms with Crippen LogP contribution in [0.15, 0.2) is 66.7 Å². The molecule has 0 saturated carbocycles. The molecule has 0 aliphatic carbocycles. The number of imidazole rings is 1. The molecule has 1 fully saturated rings. The van der Waals surface area contributed by atoms with E-state index in [1.54, 1.807) is 24.3 Å². The van der Waals surface area contributed by atoms with Crippen LogP contribution < -0.4 is 0 Å². The molecule has 0 amide bonds. The lowest BCUT2D eigenvalue weighted by molar-refractivity contribution is -0.0277. The third kappa shape index (κ3) is 3.80. The lowest BCUT2D eigenvalue weighted by atomic mass is 9.84. The van der Waals surface area contributed by atoms with Crippen LogP contribution in [0.5, 0.6) is 5.75 Å². The number of aromatic hydroxyl groups is 1. The van der Waals surface area contributed by atoms with Gasteiger partial charge in [0.05, 0.1) is 16.6 Å². The average molecular weight is 417 g/mol. The number of piperidine rings is 1. The van der Waals surface area contributed by atoms with Gasteiger partial charge in [-0.3, -0.25) is 4.90 Å². The number of phenolic OH excluding ortho intramolecular Hbond substituents is 1. The van der Waals surface area contributed by atoms with Crippen molar-refractivity contribution in [1.82, 2.24) is 14.9 Å². The normalized spacial score (nSPS) is 16.6. The van der Waals surface area contributed by atoms with E-state index in [1.807, 2.05) is 30.3 Å². The third-order valence-electron chi connectivity index (χ3n) is 6.21. The van der Waals surface area contributed by atoms with Crippen molar-refractivity contribution in [3.63, 3.8) is 0 Å². The fourth-order valence-corrected chi connectivity index (χ4v) is 4.39. The zero-order valence-corrected chi connectivity index (χ0v) is 17.1. The molecule has 2 heterocycles. The Morgan fingerprint density at radius 3 is 2.52 bits per heavy atom. The van der Waals surface area contributed by atoms with Gasteiger partial charge in [0.2, 0.25) is 0 Å². The summed E-state index contributed by atoms with van der Waals surface area (Å²) in [7, 11) is 0. The number of likely N-dealkylation sites (tertiary alicyclic amines) is 1. The van der Waals surface area contributed by atoms with Crippen LogP contribution >= 0.6 is 0 Å². The molecule has 0 bridgehead atoms. The van der Waals surface area contributed by atoms with Crippen LogP contribution in [0.1, 0.15) is 24.0 Å². The number of nitrogens with zero attached hydrogens (tertiary/aromatic N) is 2. The zero-order valence-electron chi connectivity index (χ0n) is 17.1. The first-order chi connectivity index (χ1) is 15.0. The number of H-pyrrole nitrogens is 1. The van der Waals surface area contributed by atoms with E-state index >= 15 is 0 Å². The highest BCUT2D eigenvalue weighted by molar-refractivity contribution is 5.84. The minimum absolute atomic E-state index is 0.189. The zero-order chi connectivity index (χ0) is 21.4. The first kappa shape index (κ1) is 19.7. The maximum Gasteiger partial charge on any atom is 0.138 e. The van der Waals surface area contributed by atoms with E-state index in [4.69, 9.17) is 0 Å². The van der Waals surface area contributed by atoms with Crippen LogP contribution in [0.3, 0.4) is 0 Å². The maximum absolute atomic E-state index is 13.6. The molecule has 1 aliphatic heterocycles. The van der Waals surface area contributed by atoms with Crippen molar-refractivity contribution < 1.29 is 14.6 Å². The number of aromatic amines is 1. The molecule has 5 rings (SSSR count). The highest BCUT2D eigenvalue weighted by atomic mass is 19.1. The topological polar surface area (TPSA) is 72.4 Å². The molecule has 0 unspecified atom stereocenters. The highest BCUT2D eigenvalue weighted by Crippen LogP contribution is 2.35. The summed E-state index contributed by atoms with van der Waals surface area (Å²) < 4.78 is 13.6. The van der Waals surface area contributed by atoms with Crippen LogP contribution in [-0.4, -0.2) is 38.2 Å². The molecule has 1 aromatic heterocycles. The highest BCUT2D eigenvalue weighted by Gasteiger charge is 2.34. The molecule has 0 radical (unpaired) electrons. The van der Waals surface area contributed by atoms with Gasteiger partial charge < -0.3 is 15.2 Å². The van der Waals surface area contributed by atoms with Crippen LogP contribution in [0.25, 0.3) is 22.4 Å².